The monoisotopic (exact) mass is 260 g/mol. The maximum absolute atomic E-state index is 11.9. The van der Waals surface area contributed by atoms with Crippen LogP contribution in [0.1, 0.15) is 25.3 Å². The van der Waals surface area contributed by atoms with Crippen LogP contribution in [0, 0.1) is 0 Å². The fourth-order valence-electron chi connectivity index (χ4n) is 2.90. The molecule has 1 aromatic carbocycles. The average Bonchev–Trinajstić information content (AvgIpc) is 2.90. The second-order valence-electron chi connectivity index (χ2n) is 5.46. The van der Waals surface area contributed by atoms with E-state index in [1.54, 1.807) is 11.8 Å². The molecule has 4 nitrogen and oxygen atoms in total. The first-order valence-electron chi connectivity index (χ1n) is 6.95. The van der Waals surface area contributed by atoms with E-state index in [4.69, 9.17) is 4.74 Å². The molecule has 19 heavy (non-hydrogen) atoms. The van der Waals surface area contributed by atoms with E-state index in [2.05, 4.69) is 17.4 Å². The molecule has 1 fully saturated rings. The summed E-state index contributed by atoms with van der Waals surface area (Å²) in [6, 6.07) is 6.75. The first-order chi connectivity index (χ1) is 9.15. The van der Waals surface area contributed by atoms with Crippen LogP contribution in [0.3, 0.4) is 0 Å². The lowest BCUT2D eigenvalue weighted by molar-refractivity contribution is -0.125. The van der Waals surface area contributed by atoms with E-state index in [0.717, 1.165) is 24.4 Å². The molecule has 2 aliphatic rings. The predicted molar refractivity (Wildman–Crippen MR) is 74.7 cm³/mol. The van der Waals surface area contributed by atoms with E-state index >= 15 is 0 Å². The Kier molecular flexibility index (Phi) is 3.19. The highest BCUT2D eigenvalue weighted by Crippen LogP contribution is 2.34. The first kappa shape index (κ1) is 12.5. The van der Waals surface area contributed by atoms with Gasteiger partial charge in [-0.2, -0.15) is 0 Å². The molecule has 2 heterocycles. The molecule has 1 aromatic rings. The van der Waals surface area contributed by atoms with E-state index in [-0.39, 0.29) is 12.0 Å². The smallest absolute Gasteiger partial charge is 0.267 e. The molecule has 1 N–H and O–H groups in total. The van der Waals surface area contributed by atoms with Crippen molar-refractivity contribution in [3.05, 3.63) is 23.8 Å². The van der Waals surface area contributed by atoms with Crippen molar-refractivity contribution < 1.29 is 9.53 Å². The lowest BCUT2D eigenvalue weighted by Crippen LogP contribution is -2.42. The van der Waals surface area contributed by atoms with Crippen LogP contribution in [-0.4, -0.2) is 31.6 Å². The maximum Gasteiger partial charge on any atom is 0.267 e. The van der Waals surface area contributed by atoms with Gasteiger partial charge >= 0.3 is 0 Å². The van der Waals surface area contributed by atoms with Gasteiger partial charge in [-0.3, -0.25) is 4.79 Å². The number of hydrogen-bond donors (Lipinski definition) is 1. The zero-order valence-corrected chi connectivity index (χ0v) is 11.5. The topological polar surface area (TPSA) is 41.6 Å². The molecule has 102 valence electrons. The summed E-state index contributed by atoms with van der Waals surface area (Å²) in [5.74, 6) is 0.821. The van der Waals surface area contributed by atoms with E-state index in [0.29, 0.717) is 6.04 Å². The summed E-state index contributed by atoms with van der Waals surface area (Å²) in [5, 5.41) is 3.50. The molecular weight excluding hydrogens is 240 g/mol. The Labute approximate surface area is 113 Å². The lowest BCUT2D eigenvalue weighted by atomic mass is 10.0. The van der Waals surface area contributed by atoms with Crippen molar-refractivity contribution in [1.29, 1.82) is 0 Å². The normalized spacial score (nSPS) is 26.2. The van der Waals surface area contributed by atoms with Crippen LogP contribution < -0.4 is 15.0 Å². The molecule has 2 aliphatic heterocycles. The summed E-state index contributed by atoms with van der Waals surface area (Å²) in [4.78, 5) is 13.6. The summed E-state index contributed by atoms with van der Waals surface area (Å²) in [5.41, 5.74) is 2.15. The van der Waals surface area contributed by atoms with Crippen LogP contribution in [0.2, 0.25) is 0 Å². The van der Waals surface area contributed by atoms with E-state index in [1.807, 2.05) is 13.1 Å². The number of anilines is 1. The predicted octanol–water partition coefficient (Wildman–Crippen LogP) is 1.72. The van der Waals surface area contributed by atoms with Gasteiger partial charge in [0.1, 0.15) is 5.75 Å². The standard InChI is InChI=1S/C15H20N2O2/c1-10-15(18)17(2)13-9-11(5-6-14(13)19-10)8-12-4-3-7-16-12/h5-6,9-10,12,16H,3-4,7-8H2,1-2H3. The van der Waals surface area contributed by atoms with Crippen molar-refractivity contribution in [2.24, 2.45) is 0 Å². The van der Waals surface area contributed by atoms with E-state index in [1.165, 1.54) is 18.4 Å². The van der Waals surface area contributed by atoms with Crippen LogP contribution in [0.4, 0.5) is 5.69 Å². The van der Waals surface area contributed by atoms with Crippen LogP contribution in [0.5, 0.6) is 5.75 Å². The van der Waals surface area contributed by atoms with Gasteiger partial charge in [-0.05, 0) is 50.4 Å². The van der Waals surface area contributed by atoms with E-state index in [9.17, 15) is 4.79 Å². The summed E-state index contributed by atoms with van der Waals surface area (Å²) >= 11 is 0. The van der Waals surface area contributed by atoms with Gasteiger partial charge in [-0.25, -0.2) is 0 Å². The molecular formula is C15H20N2O2. The molecule has 0 spiro atoms. The van der Waals surface area contributed by atoms with Crippen LogP contribution in [0.15, 0.2) is 18.2 Å². The number of nitrogens with one attached hydrogen (secondary N) is 1. The SMILES string of the molecule is CC1Oc2ccc(CC3CCCN3)cc2N(C)C1=O. The minimum Gasteiger partial charge on any atom is -0.479 e. The summed E-state index contributed by atoms with van der Waals surface area (Å²) in [7, 11) is 1.82. The fraction of sp³-hybridized carbons (Fsp3) is 0.533. The number of amides is 1. The second kappa shape index (κ2) is 4.85. The second-order valence-corrected chi connectivity index (χ2v) is 5.46. The summed E-state index contributed by atoms with van der Waals surface area (Å²) in [6.45, 7) is 2.91. The van der Waals surface area contributed by atoms with Gasteiger partial charge in [0.05, 0.1) is 5.69 Å². The van der Waals surface area contributed by atoms with Gasteiger partial charge in [0, 0.05) is 13.1 Å². The number of benzene rings is 1. The fourth-order valence-corrected chi connectivity index (χ4v) is 2.90. The highest BCUT2D eigenvalue weighted by Gasteiger charge is 2.29. The van der Waals surface area contributed by atoms with E-state index < -0.39 is 0 Å². The zero-order valence-electron chi connectivity index (χ0n) is 11.5. The number of rotatable bonds is 2. The number of carbonyl (C=O) groups excluding carboxylic acids is 1. The van der Waals surface area contributed by atoms with Gasteiger partial charge < -0.3 is 15.0 Å². The molecule has 0 aromatic heterocycles. The average molecular weight is 260 g/mol. The van der Waals surface area contributed by atoms with Crippen molar-refractivity contribution in [2.75, 3.05) is 18.5 Å². The van der Waals surface area contributed by atoms with Gasteiger partial charge in [0.25, 0.3) is 5.91 Å². The van der Waals surface area contributed by atoms with Crippen molar-refractivity contribution in [2.45, 2.75) is 38.3 Å². The molecule has 2 unspecified atom stereocenters. The van der Waals surface area contributed by atoms with Crippen molar-refractivity contribution in [3.8, 4) is 5.75 Å². The van der Waals surface area contributed by atoms with Crippen LogP contribution in [-0.2, 0) is 11.2 Å². The highest BCUT2D eigenvalue weighted by molar-refractivity contribution is 5.99. The van der Waals surface area contributed by atoms with Gasteiger partial charge in [0.15, 0.2) is 6.10 Å². The largest absolute Gasteiger partial charge is 0.479 e. The lowest BCUT2D eigenvalue weighted by Gasteiger charge is -2.30. The van der Waals surface area contributed by atoms with Crippen molar-refractivity contribution >= 4 is 11.6 Å². The van der Waals surface area contributed by atoms with Crippen LogP contribution >= 0.6 is 0 Å². The third-order valence-electron chi connectivity index (χ3n) is 4.01. The molecule has 2 atom stereocenters. The number of likely N-dealkylation sites (N-methyl/N-ethyl adjacent to an activating group) is 1. The third-order valence-corrected chi connectivity index (χ3v) is 4.01. The Bertz CT molecular complexity index is 495. The Balaban J connectivity index is 1.84. The number of nitrogens with zero attached hydrogens (tertiary/aromatic N) is 1. The summed E-state index contributed by atoms with van der Waals surface area (Å²) in [6.07, 6.45) is 3.12. The number of hydrogen-bond acceptors (Lipinski definition) is 3. The summed E-state index contributed by atoms with van der Waals surface area (Å²) < 4.78 is 5.63. The first-order valence-corrected chi connectivity index (χ1v) is 6.95. The third kappa shape index (κ3) is 2.32. The molecule has 0 saturated carbocycles. The molecule has 4 heteroatoms. The minimum absolute atomic E-state index is 0.0173. The molecule has 0 aliphatic carbocycles. The van der Waals surface area contributed by atoms with Gasteiger partial charge in [-0.1, -0.05) is 6.07 Å². The molecule has 1 saturated heterocycles. The Morgan fingerprint density at radius 1 is 1.47 bits per heavy atom. The molecule has 3 rings (SSSR count). The highest BCUT2D eigenvalue weighted by atomic mass is 16.5. The minimum atomic E-state index is -0.389. The van der Waals surface area contributed by atoms with Crippen LogP contribution in [0.25, 0.3) is 0 Å². The Hall–Kier alpha value is -1.55. The molecule has 1 amide bonds. The Morgan fingerprint density at radius 3 is 3.05 bits per heavy atom. The quantitative estimate of drug-likeness (QED) is 0.880. The van der Waals surface area contributed by atoms with Gasteiger partial charge in [0.2, 0.25) is 0 Å². The Morgan fingerprint density at radius 2 is 2.32 bits per heavy atom. The van der Waals surface area contributed by atoms with Crippen molar-refractivity contribution in [1.82, 2.24) is 5.32 Å². The number of fused-ring (bicyclic) bond motifs is 1. The number of ether oxygens (including phenoxy) is 1. The number of carbonyl (C=O) groups is 1. The molecule has 0 radical (unpaired) electrons. The molecule has 0 bridgehead atoms. The van der Waals surface area contributed by atoms with Gasteiger partial charge in [-0.15, -0.1) is 0 Å². The maximum atomic E-state index is 11.9. The van der Waals surface area contributed by atoms with Crippen molar-refractivity contribution in [3.63, 3.8) is 0 Å². The zero-order chi connectivity index (χ0) is 13.4.